The summed E-state index contributed by atoms with van der Waals surface area (Å²) in [5.41, 5.74) is 1.73. The van der Waals surface area contributed by atoms with Gasteiger partial charge < -0.3 is 4.42 Å². The maximum absolute atomic E-state index is 13.3. The molecule has 0 bridgehead atoms. The van der Waals surface area contributed by atoms with Gasteiger partial charge in [-0.2, -0.15) is 5.26 Å². The van der Waals surface area contributed by atoms with E-state index in [-0.39, 0.29) is 5.82 Å². The maximum atomic E-state index is 13.3. The van der Waals surface area contributed by atoms with Gasteiger partial charge in [-0.05, 0) is 60.2 Å². The van der Waals surface area contributed by atoms with E-state index < -0.39 is 0 Å². The molecule has 0 fully saturated rings. The first-order valence-corrected chi connectivity index (χ1v) is 7.27. The molecule has 2 aromatic carbocycles. The van der Waals surface area contributed by atoms with Crippen LogP contribution in [0.1, 0.15) is 11.3 Å². The van der Waals surface area contributed by atoms with Crippen LogP contribution in [-0.2, 0) is 0 Å². The lowest BCUT2D eigenvalue weighted by Crippen LogP contribution is -1.83. The summed E-state index contributed by atoms with van der Waals surface area (Å²) in [6, 6.07) is 18.8. The minimum atomic E-state index is -0.384. The van der Waals surface area contributed by atoms with Crippen LogP contribution in [0, 0.1) is 17.1 Å². The lowest BCUT2D eigenvalue weighted by molar-refractivity contribution is 0.572. The van der Waals surface area contributed by atoms with E-state index in [9.17, 15) is 9.65 Å². The summed E-state index contributed by atoms with van der Waals surface area (Å²) >= 11 is 5.87. The zero-order chi connectivity index (χ0) is 16.2. The molecule has 0 saturated heterocycles. The number of hydrogen-bond donors (Lipinski definition) is 0. The molecule has 0 amide bonds. The number of allylic oxidation sites excluding steroid dienone is 1. The molecule has 23 heavy (non-hydrogen) atoms. The van der Waals surface area contributed by atoms with Crippen LogP contribution in [-0.4, -0.2) is 0 Å². The summed E-state index contributed by atoms with van der Waals surface area (Å²) in [5, 5.41) is 9.94. The molecule has 0 atom stereocenters. The Hall–Kier alpha value is -2.83. The van der Waals surface area contributed by atoms with Gasteiger partial charge in [0, 0.05) is 10.6 Å². The van der Waals surface area contributed by atoms with E-state index >= 15 is 0 Å². The average molecular weight is 324 g/mol. The van der Waals surface area contributed by atoms with E-state index in [1.54, 1.807) is 36.4 Å². The van der Waals surface area contributed by atoms with Gasteiger partial charge >= 0.3 is 0 Å². The molecule has 0 spiro atoms. The Morgan fingerprint density at radius 1 is 1.09 bits per heavy atom. The number of benzene rings is 2. The normalized spacial score (nSPS) is 11.3. The lowest BCUT2D eigenvalue weighted by Gasteiger charge is -1.99. The average Bonchev–Trinajstić information content (AvgIpc) is 3.02. The highest BCUT2D eigenvalue weighted by Crippen LogP contribution is 2.26. The second kappa shape index (κ2) is 6.51. The van der Waals surface area contributed by atoms with Crippen LogP contribution < -0.4 is 0 Å². The van der Waals surface area contributed by atoms with Crippen molar-refractivity contribution in [2.75, 3.05) is 0 Å². The third-order valence-electron chi connectivity index (χ3n) is 3.30. The van der Waals surface area contributed by atoms with Crippen molar-refractivity contribution in [1.29, 1.82) is 5.26 Å². The van der Waals surface area contributed by atoms with Gasteiger partial charge in [-0.25, -0.2) is 4.39 Å². The van der Waals surface area contributed by atoms with Crippen LogP contribution in [0.5, 0.6) is 0 Å². The Labute approximate surface area is 138 Å². The Morgan fingerprint density at radius 2 is 1.87 bits per heavy atom. The van der Waals surface area contributed by atoms with Gasteiger partial charge in [0.15, 0.2) is 0 Å². The topological polar surface area (TPSA) is 36.9 Å². The molecular weight excluding hydrogens is 313 g/mol. The number of nitriles is 1. The monoisotopic (exact) mass is 323 g/mol. The zero-order valence-electron chi connectivity index (χ0n) is 12.0. The van der Waals surface area contributed by atoms with Crippen molar-refractivity contribution in [2.45, 2.75) is 0 Å². The van der Waals surface area contributed by atoms with Crippen molar-refractivity contribution < 1.29 is 8.81 Å². The van der Waals surface area contributed by atoms with Gasteiger partial charge in [0.25, 0.3) is 0 Å². The first-order chi connectivity index (χ1) is 11.2. The molecule has 2 nitrogen and oxygen atoms in total. The van der Waals surface area contributed by atoms with Crippen molar-refractivity contribution in [3.8, 4) is 17.4 Å². The number of rotatable bonds is 3. The molecule has 0 N–H and O–H groups in total. The summed E-state index contributed by atoms with van der Waals surface area (Å²) in [7, 11) is 0. The van der Waals surface area contributed by atoms with Crippen molar-refractivity contribution in [1.82, 2.24) is 0 Å². The van der Waals surface area contributed by atoms with Crippen molar-refractivity contribution in [3.63, 3.8) is 0 Å². The fourth-order valence-corrected chi connectivity index (χ4v) is 2.30. The molecule has 0 aliphatic carbocycles. The van der Waals surface area contributed by atoms with E-state index in [2.05, 4.69) is 6.07 Å². The highest BCUT2D eigenvalue weighted by atomic mass is 35.5. The largest absolute Gasteiger partial charge is 0.457 e. The van der Waals surface area contributed by atoms with E-state index in [4.69, 9.17) is 16.0 Å². The maximum Gasteiger partial charge on any atom is 0.134 e. The molecule has 3 aromatic rings. The summed E-state index contributed by atoms with van der Waals surface area (Å²) in [5.74, 6) is 0.810. The zero-order valence-corrected chi connectivity index (χ0v) is 12.7. The Balaban J connectivity index is 1.93. The smallest absolute Gasteiger partial charge is 0.134 e. The van der Waals surface area contributed by atoms with Crippen LogP contribution in [0.3, 0.4) is 0 Å². The number of nitrogens with zero attached hydrogens (tertiary/aromatic N) is 1. The van der Waals surface area contributed by atoms with Crippen molar-refractivity contribution in [3.05, 3.63) is 82.8 Å². The third kappa shape index (κ3) is 3.50. The number of furan rings is 1. The molecule has 112 valence electrons. The highest BCUT2D eigenvalue weighted by molar-refractivity contribution is 6.30. The van der Waals surface area contributed by atoms with Gasteiger partial charge in [0.05, 0.1) is 11.6 Å². The summed E-state index contributed by atoms with van der Waals surface area (Å²) < 4.78 is 19.0. The van der Waals surface area contributed by atoms with Gasteiger partial charge in [0.1, 0.15) is 17.3 Å². The standard InChI is InChI=1S/C19H11ClFNO/c20-16-6-4-13(5-7-16)19-9-8-18(23-19)11-15(12-22)14-2-1-3-17(21)10-14/h1-11H/b15-11-. The molecule has 1 heterocycles. The number of halogens is 2. The van der Waals surface area contributed by atoms with Gasteiger partial charge in [-0.3, -0.25) is 0 Å². The van der Waals surface area contributed by atoms with Gasteiger partial charge in [-0.15, -0.1) is 0 Å². The van der Waals surface area contributed by atoms with Crippen LogP contribution in [0.25, 0.3) is 23.0 Å². The van der Waals surface area contributed by atoms with Crippen LogP contribution >= 0.6 is 11.6 Å². The minimum absolute atomic E-state index is 0.335. The predicted molar refractivity (Wildman–Crippen MR) is 89.0 cm³/mol. The molecule has 0 saturated carbocycles. The van der Waals surface area contributed by atoms with E-state index in [1.807, 2.05) is 18.2 Å². The second-order valence-corrected chi connectivity index (χ2v) is 5.33. The molecule has 0 radical (unpaired) electrons. The van der Waals surface area contributed by atoms with E-state index in [0.29, 0.717) is 27.7 Å². The SMILES string of the molecule is N#C/C(=C/c1ccc(-c2ccc(Cl)cc2)o1)c1cccc(F)c1. The fraction of sp³-hybridized carbons (Fsp3) is 0. The van der Waals surface area contributed by atoms with Crippen LogP contribution in [0.15, 0.2) is 65.1 Å². The second-order valence-electron chi connectivity index (χ2n) is 4.89. The summed E-state index contributed by atoms with van der Waals surface area (Å²) in [4.78, 5) is 0. The van der Waals surface area contributed by atoms with Crippen molar-refractivity contribution >= 4 is 23.3 Å². The predicted octanol–water partition coefficient (Wildman–Crippen LogP) is 5.80. The third-order valence-corrected chi connectivity index (χ3v) is 3.55. The van der Waals surface area contributed by atoms with Crippen molar-refractivity contribution in [2.24, 2.45) is 0 Å². The van der Waals surface area contributed by atoms with E-state index in [0.717, 1.165) is 5.56 Å². The first kappa shape index (κ1) is 15.1. The molecular formula is C19H11ClFNO. The van der Waals surface area contributed by atoms with Crippen LogP contribution in [0.2, 0.25) is 5.02 Å². The molecule has 0 unspecified atom stereocenters. The van der Waals surface area contributed by atoms with Crippen LogP contribution in [0.4, 0.5) is 4.39 Å². The Bertz CT molecular complexity index is 904. The molecule has 3 rings (SSSR count). The molecule has 0 aliphatic heterocycles. The summed E-state index contributed by atoms with van der Waals surface area (Å²) in [6.07, 6.45) is 1.59. The lowest BCUT2D eigenvalue weighted by atomic mass is 10.1. The van der Waals surface area contributed by atoms with E-state index in [1.165, 1.54) is 12.1 Å². The number of hydrogen-bond acceptors (Lipinski definition) is 2. The Kier molecular flexibility index (Phi) is 4.27. The molecule has 0 aliphatic rings. The molecule has 4 heteroatoms. The Morgan fingerprint density at radius 3 is 2.57 bits per heavy atom. The summed E-state index contributed by atoms with van der Waals surface area (Å²) in [6.45, 7) is 0. The molecule has 1 aromatic heterocycles. The quantitative estimate of drug-likeness (QED) is 0.571. The first-order valence-electron chi connectivity index (χ1n) is 6.89. The fourth-order valence-electron chi connectivity index (χ4n) is 2.18. The highest BCUT2D eigenvalue weighted by Gasteiger charge is 2.07. The van der Waals surface area contributed by atoms with Gasteiger partial charge in [0.2, 0.25) is 0 Å². The van der Waals surface area contributed by atoms with Gasteiger partial charge in [-0.1, -0.05) is 23.7 Å². The minimum Gasteiger partial charge on any atom is -0.457 e.